The number of rotatable bonds is 7. The molecule has 0 aromatic heterocycles. The third kappa shape index (κ3) is 3.46. The summed E-state index contributed by atoms with van der Waals surface area (Å²) in [6.45, 7) is 6.71. The van der Waals surface area contributed by atoms with E-state index in [9.17, 15) is 8.78 Å². The first kappa shape index (κ1) is 18.5. The lowest BCUT2D eigenvalue weighted by atomic mass is 9.79. The summed E-state index contributed by atoms with van der Waals surface area (Å²) >= 11 is 3.16. The third-order valence-electron chi connectivity index (χ3n) is 4.43. The first-order valence-electron chi connectivity index (χ1n) is 7.39. The summed E-state index contributed by atoms with van der Waals surface area (Å²) in [4.78, 5) is 2.07. The van der Waals surface area contributed by atoms with Crippen LogP contribution in [-0.4, -0.2) is 31.1 Å². The lowest BCUT2D eigenvalue weighted by Crippen LogP contribution is -2.53. The van der Waals surface area contributed by atoms with E-state index in [0.29, 0.717) is 11.0 Å². The van der Waals surface area contributed by atoms with Gasteiger partial charge in [0.25, 0.3) is 0 Å². The van der Waals surface area contributed by atoms with Gasteiger partial charge in [0.05, 0.1) is 10.5 Å². The zero-order chi connectivity index (χ0) is 16.2. The Kier molecular flexibility index (Phi) is 6.75. The summed E-state index contributed by atoms with van der Waals surface area (Å²) in [5, 5.41) is 3.29. The number of likely N-dealkylation sites (N-methyl/N-ethyl adjacent to an activating group) is 2. The zero-order valence-electron chi connectivity index (χ0n) is 13.4. The fourth-order valence-corrected chi connectivity index (χ4v) is 3.47. The largest absolute Gasteiger partial charge is 0.308 e. The van der Waals surface area contributed by atoms with Crippen molar-refractivity contribution in [3.63, 3.8) is 0 Å². The Hall–Kier alpha value is -0.520. The maximum atomic E-state index is 14.6. The maximum absolute atomic E-state index is 14.6. The molecule has 0 aliphatic heterocycles. The fraction of sp³-hybridized carbons (Fsp3) is 0.625. The van der Waals surface area contributed by atoms with Crippen molar-refractivity contribution in [2.24, 2.45) is 0 Å². The Balaban J connectivity index is 3.52. The molecule has 21 heavy (non-hydrogen) atoms. The van der Waals surface area contributed by atoms with Crippen LogP contribution in [0.4, 0.5) is 8.78 Å². The van der Waals surface area contributed by atoms with Gasteiger partial charge in [-0.3, -0.25) is 0 Å². The Morgan fingerprint density at radius 3 is 2.19 bits per heavy atom. The molecule has 1 rings (SSSR count). The Bertz CT molecular complexity index is 474. The van der Waals surface area contributed by atoms with Gasteiger partial charge >= 0.3 is 0 Å². The predicted octanol–water partition coefficient (Wildman–Crippen LogP) is 4.50. The molecule has 120 valence electrons. The van der Waals surface area contributed by atoms with Gasteiger partial charge in [-0.15, -0.1) is 0 Å². The van der Waals surface area contributed by atoms with Crippen LogP contribution >= 0.6 is 15.9 Å². The SMILES string of the molecule is CCNC(c1c(F)ccc(Br)c1F)C(CC)(CC)N(C)C. The molecule has 1 N–H and O–H groups in total. The van der Waals surface area contributed by atoms with Gasteiger partial charge in [0.2, 0.25) is 0 Å². The Labute approximate surface area is 135 Å². The van der Waals surface area contributed by atoms with E-state index in [4.69, 9.17) is 0 Å². The number of halogens is 3. The fourth-order valence-electron chi connectivity index (χ4n) is 3.12. The van der Waals surface area contributed by atoms with Crippen LogP contribution in [0.3, 0.4) is 0 Å². The highest BCUT2D eigenvalue weighted by atomic mass is 79.9. The smallest absolute Gasteiger partial charge is 0.145 e. The summed E-state index contributed by atoms with van der Waals surface area (Å²) < 4.78 is 29.2. The van der Waals surface area contributed by atoms with Crippen molar-refractivity contribution in [3.8, 4) is 0 Å². The summed E-state index contributed by atoms with van der Waals surface area (Å²) in [7, 11) is 3.93. The molecular weight excluding hydrogens is 338 g/mol. The van der Waals surface area contributed by atoms with E-state index in [2.05, 4.69) is 40.0 Å². The molecule has 0 amide bonds. The van der Waals surface area contributed by atoms with Crippen molar-refractivity contribution in [2.45, 2.75) is 45.2 Å². The molecule has 0 radical (unpaired) electrons. The molecule has 2 nitrogen and oxygen atoms in total. The Morgan fingerprint density at radius 2 is 1.76 bits per heavy atom. The van der Waals surface area contributed by atoms with E-state index in [0.717, 1.165) is 12.8 Å². The summed E-state index contributed by atoms with van der Waals surface area (Å²) in [5.41, 5.74) is -0.234. The molecule has 0 spiro atoms. The molecule has 5 heteroatoms. The molecule has 0 saturated carbocycles. The van der Waals surface area contributed by atoms with Gasteiger partial charge < -0.3 is 10.2 Å². The summed E-state index contributed by atoms with van der Waals surface area (Å²) in [5.74, 6) is -1.02. The van der Waals surface area contributed by atoms with Crippen LogP contribution in [0.5, 0.6) is 0 Å². The first-order valence-corrected chi connectivity index (χ1v) is 8.19. The van der Waals surface area contributed by atoms with E-state index in [1.54, 1.807) is 0 Å². The number of hydrogen-bond acceptors (Lipinski definition) is 2. The average Bonchev–Trinajstić information content (AvgIpc) is 2.45. The van der Waals surface area contributed by atoms with Crippen molar-refractivity contribution < 1.29 is 8.78 Å². The monoisotopic (exact) mass is 362 g/mol. The third-order valence-corrected chi connectivity index (χ3v) is 5.04. The van der Waals surface area contributed by atoms with Gasteiger partial charge in [-0.1, -0.05) is 20.8 Å². The highest BCUT2D eigenvalue weighted by Crippen LogP contribution is 2.39. The van der Waals surface area contributed by atoms with E-state index in [-0.39, 0.29) is 11.1 Å². The van der Waals surface area contributed by atoms with Gasteiger partial charge in [-0.25, -0.2) is 8.78 Å². The molecule has 1 aromatic carbocycles. The normalized spacial score (nSPS) is 13.8. The topological polar surface area (TPSA) is 15.3 Å². The summed E-state index contributed by atoms with van der Waals surface area (Å²) in [6, 6.07) is 2.32. The molecule has 1 unspecified atom stereocenters. The minimum absolute atomic E-state index is 0.114. The van der Waals surface area contributed by atoms with Crippen molar-refractivity contribution in [1.29, 1.82) is 0 Å². The van der Waals surface area contributed by atoms with Crippen LogP contribution in [0.15, 0.2) is 16.6 Å². The molecule has 0 saturated heterocycles. The molecular formula is C16H25BrF2N2. The highest BCUT2D eigenvalue weighted by molar-refractivity contribution is 9.10. The number of benzene rings is 1. The molecule has 0 bridgehead atoms. The van der Waals surface area contributed by atoms with Crippen molar-refractivity contribution in [1.82, 2.24) is 10.2 Å². The minimum atomic E-state index is -0.519. The van der Waals surface area contributed by atoms with Crippen molar-refractivity contribution >= 4 is 15.9 Å². The predicted molar refractivity (Wildman–Crippen MR) is 87.5 cm³/mol. The molecule has 0 heterocycles. The van der Waals surface area contributed by atoms with E-state index >= 15 is 0 Å². The van der Waals surface area contributed by atoms with Crippen LogP contribution in [-0.2, 0) is 0 Å². The van der Waals surface area contributed by atoms with Crippen LogP contribution in [0.25, 0.3) is 0 Å². The van der Waals surface area contributed by atoms with Gasteiger partial charge in [0.15, 0.2) is 0 Å². The second-order valence-electron chi connectivity index (χ2n) is 5.45. The Morgan fingerprint density at radius 1 is 1.19 bits per heavy atom. The van der Waals surface area contributed by atoms with Gasteiger partial charge in [0, 0.05) is 11.1 Å². The molecule has 0 aliphatic rings. The average molecular weight is 363 g/mol. The van der Waals surface area contributed by atoms with Crippen LogP contribution < -0.4 is 5.32 Å². The number of hydrogen-bond donors (Lipinski definition) is 1. The maximum Gasteiger partial charge on any atom is 0.145 e. The number of nitrogens with zero attached hydrogens (tertiary/aromatic N) is 1. The number of nitrogens with one attached hydrogen (secondary N) is 1. The lowest BCUT2D eigenvalue weighted by Gasteiger charge is -2.46. The zero-order valence-corrected chi connectivity index (χ0v) is 15.0. The van der Waals surface area contributed by atoms with Gasteiger partial charge in [-0.05, 0) is 61.5 Å². The standard InChI is InChI=1S/C16H25BrF2N2/c1-6-16(7-2,21(4)5)15(20-8-3)13-12(18)10-9-11(17)14(13)19/h9-10,15,20H,6-8H2,1-5H3. The first-order chi connectivity index (χ1) is 9.85. The van der Waals surface area contributed by atoms with Crippen LogP contribution in [0.1, 0.15) is 45.2 Å². The second-order valence-corrected chi connectivity index (χ2v) is 6.31. The van der Waals surface area contributed by atoms with Crippen LogP contribution in [0, 0.1) is 11.6 Å². The quantitative estimate of drug-likeness (QED) is 0.718. The molecule has 0 fully saturated rings. The second kappa shape index (κ2) is 7.65. The summed E-state index contributed by atoms with van der Waals surface area (Å²) in [6.07, 6.45) is 1.58. The lowest BCUT2D eigenvalue weighted by molar-refractivity contribution is 0.0853. The van der Waals surface area contributed by atoms with Gasteiger partial charge in [-0.2, -0.15) is 0 Å². The van der Waals surface area contributed by atoms with E-state index in [1.807, 2.05) is 21.0 Å². The molecule has 1 atom stereocenters. The minimum Gasteiger partial charge on any atom is -0.308 e. The van der Waals surface area contributed by atoms with Crippen molar-refractivity contribution in [3.05, 3.63) is 33.8 Å². The highest BCUT2D eigenvalue weighted by Gasteiger charge is 2.41. The van der Waals surface area contributed by atoms with E-state index < -0.39 is 17.7 Å². The molecule has 1 aromatic rings. The van der Waals surface area contributed by atoms with Gasteiger partial charge in [0.1, 0.15) is 11.6 Å². The van der Waals surface area contributed by atoms with Crippen molar-refractivity contribution in [2.75, 3.05) is 20.6 Å². The van der Waals surface area contributed by atoms with Crippen LogP contribution in [0.2, 0.25) is 0 Å². The van der Waals surface area contributed by atoms with E-state index in [1.165, 1.54) is 12.1 Å². The molecule has 0 aliphatic carbocycles.